The van der Waals surface area contributed by atoms with Crippen molar-refractivity contribution in [1.82, 2.24) is 0 Å². The number of fused-ring (bicyclic) bond motifs is 5. The van der Waals surface area contributed by atoms with Gasteiger partial charge in [-0.1, -0.05) is 26.8 Å². The zero-order chi connectivity index (χ0) is 23.9. The molecule has 4 aliphatic rings. The van der Waals surface area contributed by atoms with Gasteiger partial charge in [0.1, 0.15) is 5.60 Å². The lowest BCUT2D eigenvalue weighted by Gasteiger charge is -2.64. The number of halogens is 2. The van der Waals surface area contributed by atoms with Gasteiger partial charge in [-0.3, -0.25) is 14.4 Å². The Labute approximate surface area is 198 Å². The summed E-state index contributed by atoms with van der Waals surface area (Å²) in [4.78, 5) is 35.5. The highest BCUT2D eigenvalue weighted by Gasteiger charge is 2.75. The Hall–Kier alpha value is -1.21. The number of hydrogen-bond donors (Lipinski definition) is 2. The van der Waals surface area contributed by atoms with Crippen LogP contribution in [-0.2, 0) is 19.1 Å². The molecule has 9 atom stereocenters. The minimum absolute atomic E-state index is 0.193. The van der Waals surface area contributed by atoms with E-state index in [4.69, 9.17) is 27.9 Å². The fourth-order valence-corrected chi connectivity index (χ4v) is 8.59. The predicted molar refractivity (Wildman–Crippen MR) is 119 cm³/mol. The number of carbonyl (C=O) groups excluding carboxylic acids is 3. The van der Waals surface area contributed by atoms with Crippen LogP contribution >= 0.6 is 23.2 Å². The zero-order valence-electron chi connectivity index (χ0n) is 18.7. The lowest BCUT2D eigenvalue weighted by molar-refractivity contribution is -0.173. The van der Waals surface area contributed by atoms with E-state index in [1.54, 1.807) is 6.08 Å². The van der Waals surface area contributed by atoms with Crippen LogP contribution in [0.25, 0.3) is 0 Å². The van der Waals surface area contributed by atoms with E-state index in [1.165, 1.54) is 19.1 Å². The fourth-order valence-electron chi connectivity index (χ4n) is 7.39. The summed E-state index contributed by atoms with van der Waals surface area (Å²) in [5.74, 6) is -2.24. The second-order valence-corrected chi connectivity index (χ2v) is 11.6. The summed E-state index contributed by atoms with van der Waals surface area (Å²) in [5.41, 5.74) is -2.93. The molecule has 0 amide bonds. The Bertz CT molecular complexity index is 945. The summed E-state index contributed by atoms with van der Waals surface area (Å²) in [5, 5.41) is 22.2. The van der Waals surface area contributed by atoms with Gasteiger partial charge in [0.05, 0.1) is 16.4 Å². The topological polar surface area (TPSA) is 101 Å². The van der Waals surface area contributed by atoms with Gasteiger partial charge in [0.25, 0.3) is 0 Å². The minimum Gasteiger partial charge on any atom is -0.458 e. The summed E-state index contributed by atoms with van der Waals surface area (Å²) in [7, 11) is 0. The maximum Gasteiger partial charge on any atom is 0.303 e. The van der Waals surface area contributed by atoms with Gasteiger partial charge in [-0.25, -0.2) is 0 Å². The quantitative estimate of drug-likeness (QED) is 0.471. The molecule has 0 spiro atoms. The summed E-state index contributed by atoms with van der Waals surface area (Å²) >= 11 is 14.4. The molecular formula is C24H30Cl2O6. The third-order valence-corrected chi connectivity index (χ3v) is 10.6. The predicted octanol–water partition coefficient (Wildman–Crippen LogP) is 2.95. The molecule has 6 nitrogen and oxygen atoms in total. The summed E-state index contributed by atoms with van der Waals surface area (Å²) in [6.07, 6.45) is 4.88. The highest BCUT2D eigenvalue weighted by atomic mass is 35.5. The van der Waals surface area contributed by atoms with Crippen molar-refractivity contribution in [2.24, 2.45) is 28.6 Å². The highest BCUT2D eigenvalue weighted by Crippen LogP contribution is 2.72. The van der Waals surface area contributed by atoms with Crippen LogP contribution < -0.4 is 0 Å². The van der Waals surface area contributed by atoms with Gasteiger partial charge in [0, 0.05) is 17.8 Å². The van der Waals surface area contributed by atoms with Crippen molar-refractivity contribution in [3.63, 3.8) is 0 Å². The van der Waals surface area contributed by atoms with Gasteiger partial charge in [-0.2, -0.15) is 0 Å². The third-order valence-electron chi connectivity index (χ3n) is 9.04. The molecule has 2 N–H and O–H groups in total. The number of aliphatic hydroxyl groups is 2. The second kappa shape index (κ2) is 7.39. The van der Waals surface area contributed by atoms with Crippen LogP contribution in [0.2, 0.25) is 0 Å². The number of esters is 1. The third kappa shape index (κ3) is 2.82. The van der Waals surface area contributed by atoms with Crippen LogP contribution in [0.4, 0.5) is 0 Å². The monoisotopic (exact) mass is 484 g/mol. The first-order chi connectivity index (χ1) is 14.7. The van der Waals surface area contributed by atoms with E-state index in [2.05, 4.69) is 0 Å². The molecule has 3 unspecified atom stereocenters. The molecule has 0 saturated heterocycles. The molecule has 0 radical (unpaired) electrons. The van der Waals surface area contributed by atoms with Crippen molar-refractivity contribution < 1.29 is 29.3 Å². The van der Waals surface area contributed by atoms with Crippen molar-refractivity contribution >= 4 is 40.7 Å². The summed E-state index contributed by atoms with van der Waals surface area (Å²) in [6.45, 7) is 6.30. The molecular weight excluding hydrogens is 455 g/mol. The van der Waals surface area contributed by atoms with Crippen molar-refractivity contribution in [2.45, 2.75) is 68.9 Å². The maximum atomic E-state index is 13.2. The molecule has 0 aromatic rings. The minimum atomic E-state index is -1.74. The Morgan fingerprint density at radius 2 is 1.91 bits per heavy atom. The number of Topliss-reactive ketones (excluding diaryl/α,β-unsaturated/α-hetero) is 1. The number of ketones is 2. The van der Waals surface area contributed by atoms with E-state index >= 15 is 0 Å². The van der Waals surface area contributed by atoms with E-state index < -0.39 is 57.1 Å². The number of carbonyl (C=O) groups is 3. The molecule has 0 aliphatic heterocycles. The van der Waals surface area contributed by atoms with Gasteiger partial charge in [-0.15, -0.1) is 23.2 Å². The molecule has 32 heavy (non-hydrogen) atoms. The van der Waals surface area contributed by atoms with E-state index in [0.29, 0.717) is 12.0 Å². The Balaban J connectivity index is 1.79. The molecule has 0 aromatic carbocycles. The zero-order valence-corrected chi connectivity index (χ0v) is 20.2. The fraction of sp³-hybridized carbons (Fsp3) is 0.708. The van der Waals surface area contributed by atoms with Gasteiger partial charge < -0.3 is 14.9 Å². The standard InChI is InChI=1S/C24H30Cl2O6/c1-12-7-15-16-9-18(29)17-8-14(28)5-6-21(17,3)23(16,26)19(25)10-22(15,4)24(12,31)20(30)11-32-13(2)27/h5-6,8,12,15-16,18-19,29,31H,7,9-11H2,1-4H3/t12?,15-,16-,18?,19?,21-,22-,23-,24-/m0/s1. The molecule has 4 aliphatic carbocycles. The van der Waals surface area contributed by atoms with Gasteiger partial charge >= 0.3 is 5.97 Å². The van der Waals surface area contributed by atoms with E-state index in [9.17, 15) is 24.6 Å². The highest BCUT2D eigenvalue weighted by molar-refractivity contribution is 6.34. The van der Waals surface area contributed by atoms with Crippen molar-refractivity contribution in [3.8, 4) is 0 Å². The molecule has 0 aromatic heterocycles. The first-order valence-corrected chi connectivity index (χ1v) is 11.9. The van der Waals surface area contributed by atoms with Crippen LogP contribution in [0.15, 0.2) is 23.8 Å². The molecule has 0 bridgehead atoms. The van der Waals surface area contributed by atoms with Crippen LogP contribution in [0.3, 0.4) is 0 Å². The molecule has 4 rings (SSSR count). The molecule has 8 heteroatoms. The van der Waals surface area contributed by atoms with Crippen LogP contribution in [0.5, 0.6) is 0 Å². The normalized spacial score (nSPS) is 49.6. The van der Waals surface area contributed by atoms with Gasteiger partial charge in [0.2, 0.25) is 5.78 Å². The number of hydrogen-bond acceptors (Lipinski definition) is 6. The average molecular weight is 485 g/mol. The Morgan fingerprint density at radius 3 is 2.53 bits per heavy atom. The molecule has 0 heterocycles. The van der Waals surface area contributed by atoms with Crippen molar-refractivity contribution in [2.75, 3.05) is 6.61 Å². The second-order valence-electron chi connectivity index (χ2n) is 10.5. The number of alkyl halides is 2. The SMILES string of the molecule is CC(=O)OCC(=O)[C@@]1(O)C(C)C[C@H]2[C@@H]3CC(O)C4=CC(=O)C=C[C@]4(C)[C@@]3(Cl)C(Cl)C[C@@]21C. The lowest BCUT2D eigenvalue weighted by Crippen LogP contribution is -2.69. The average Bonchev–Trinajstić information content (AvgIpc) is 2.91. The Kier molecular flexibility index (Phi) is 5.53. The number of allylic oxidation sites excluding steroid dienone is 3. The van der Waals surface area contributed by atoms with Crippen LogP contribution in [0, 0.1) is 28.6 Å². The summed E-state index contributed by atoms with van der Waals surface area (Å²) in [6, 6.07) is 0. The molecule has 176 valence electrons. The van der Waals surface area contributed by atoms with E-state index in [0.717, 1.165) is 0 Å². The Morgan fingerprint density at radius 1 is 1.25 bits per heavy atom. The van der Waals surface area contributed by atoms with E-state index in [-0.39, 0.29) is 30.5 Å². The first kappa shape index (κ1) is 23.9. The summed E-state index contributed by atoms with van der Waals surface area (Å²) < 4.78 is 4.93. The smallest absolute Gasteiger partial charge is 0.303 e. The number of aliphatic hydroxyl groups excluding tert-OH is 1. The molecule has 3 fully saturated rings. The van der Waals surface area contributed by atoms with Gasteiger partial charge in [0.15, 0.2) is 12.4 Å². The first-order valence-electron chi connectivity index (χ1n) is 11.1. The van der Waals surface area contributed by atoms with Crippen LogP contribution in [-0.4, -0.2) is 56.3 Å². The van der Waals surface area contributed by atoms with Gasteiger partial charge in [-0.05, 0) is 54.7 Å². The molecule has 3 saturated carbocycles. The largest absolute Gasteiger partial charge is 0.458 e. The van der Waals surface area contributed by atoms with Crippen molar-refractivity contribution in [3.05, 3.63) is 23.8 Å². The number of ether oxygens (including phenoxy) is 1. The maximum absolute atomic E-state index is 13.2. The van der Waals surface area contributed by atoms with Crippen LogP contribution in [0.1, 0.15) is 47.0 Å². The van der Waals surface area contributed by atoms with Crippen molar-refractivity contribution in [1.29, 1.82) is 0 Å². The number of rotatable bonds is 3. The lowest BCUT2D eigenvalue weighted by atomic mass is 9.46. The van der Waals surface area contributed by atoms with E-state index in [1.807, 2.05) is 20.8 Å².